The number of halogens is 1. The van der Waals surface area contributed by atoms with E-state index >= 15 is 0 Å². The highest BCUT2D eigenvalue weighted by atomic mass is 35.5. The summed E-state index contributed by atoms with van der Waals surface area (Å²) in [5.74, 6) is 1.12. The van der Waals surface area contributed by atoms with Crippen LogP contribution in [-0.2, 0) is 17.9 Å². The monoisotopic (exact) mass is 400 g/mol. The molecule has 3 rings (SSSR count). The predicted octanol–water partition coefficient (Wildman–Crippen LogP) is 4.66. The SMILES string of the molecule is CC(C)Oc1ccc(CNC(=O)C2CCN(Cc3ccc(Cl)cc3)CC2)cc1. The second kappa shape index (κ2) is 9.94. The second-order valence-electron chi connectivity index (χ2n) is 7.71. The third kappa shape index (κ3) is 6.25. The van der Waals surface area contributed by atoms with E-state index in [-0.39, 0.29) is 17.9 Å². The van der Waals surface area contributed by atoms with E-state index in [1.165, 1.54) is 5.56 Å². The van der Waals surface area contributed by atoms with Crippen LogP contribution in [0.25, 0.3) is 0 Å². The fourth-order valence-electron chi connectivity index (χ4n) is 3.49. The van der Waals surface area contributed by atoms with Crippen molar-refractivity contribution in [3.63, 3.8) is 0 Å². The number of hydrogen-bond donors (Lipinski definition) is 1. The van der Waals surface area contributed by atoms with Crippen LogP contribution < -0.4 is 10.1 Å². The van der Waals surface area contributed by atoms with E-state index in [9.17, 15) is 4.79 Å². The van der Waals surface area contributed by atoms with Crippen molar-refractivity contribution in [3.05, 3.63) is 64.7 Å². The van der Waals surface area contributed by atoms with Crippen molar-refractivity contribution in [2.24, 2.45) is 5.92 Å². The molecule has 1 aliphatic rings. The summed E-state index contributed by atoms with van der Waals surface area (Å²) in [6, 6.07) is 15.9. The number of benzene rings is 2. The molecule has 1 aliphatic heterocycles. The van der Waals surface area contributed by atoms with Gasteiger partial charge in [-0.15, -0.1) is 0 Å². The van der Waals surface area contributed by atoms with Crippen LogP contribution in [0.2, 0.25) is 5.02 Å². The first-order chi connectivity index (χ1) is 13.5. The largest absolute Gasteiger partial charge is 0.491 e. The summed E-state index contributed by atoms with van der Waals surface area (Å²) >= 11 is 5.95. The van der Waals surface area contributed by atoms with E-state index in [1.807, 2.05) is 50.2 Å². The molecular weight excluding hydrogens is 372 g/mol. The lowest BCUT2D eigenvalue weighted by Gasteiger charge is -2.31. The molecule has 0 atom stereocenters. The quantitative estimate of drug-likeness (QED) is 0.735. The van der Waals surface area contributed by atoms with Crippen LogP contribution in [-0.4, -0.2) is 30.0 Å². The Kier molecular flexibility index (Phi) is 7.35. The Morgan fingerprint density at radius 1 is 1.07 bits per heavy atom. The highest BCUT2D eigenvalue weighted by Gasteiger charge is 2.24. The first-order valence-corrected chi connectivity index (χ1v) is 10.4. The number of carbonyl (C=O) groups excluding carboxylic acids is 1. The van der Waals surface area contributed by atoms with Crippen LogP contribution in [0.15, 0.2) is 48.5 Å². The molecule has 0 bridgehead atoms. The van der Waals surface area contributed by atoms with Crippen molar-refractivity contribution in [2.45, 2.75) is 45.9 Å². The summed E-state index contributed by atoms with van der Waals surface area (Å²) in [6.07, 6.45) is 1.97. The minimum absolute atomic E-state index is 0.102. The highest BCUT2D eigenvalue weighted by molar-refractivity contribution is 6.30. The zero-order valence-corrected chi connectivity index (χ0v) is 17.4. The molecule has 0 spiro atoms. The summed E-state index contributed by atoms with van der Waals surface area (Å²) in [6.45, 7) is 7.38. The Hall–Kier alpha value is -2.04. The van der Waals surface area contributed by atoms with E-state index in [1.54, 1.807) is 0 Å². The first-order valence-electron chi connectivity index (χ1n) is 9.99. The van der Waals surface area contributed by atoms with Gasteiger partial charge in [0.15, 0.2) is 0 Å². The Balaban J connectivity index is 1.40. The zero-order valence-electron chi connectivity index (χ0n) is 16.7. The Labute approximate surface area is 172 Å². The van der Waals surface area contributed by atoms with E-state index in [0.717, 1.165) is 48.8 Å². The molecule has 1 heterocycles. The summed E-state index contributed by atoms with van der Waals surface area (Å²) < 4.78 is 5.65. The Morgan fingerprint density at radius 3 is 2.29 bits per heavy atom. The van der Waals surface area contributed by atoms with Gasteiger partial charge >= 0.3 is 0 Å². The highest BCUT2D eigenvalue weighted by Crippen LogP contribution is 2.20. The van der Waals surface area contributed by atoms with Crippen LogP contribution in [0.4, 0.5) is 0 Å². The summed E-state index contributed by atoms with van der Waals surface area (Å²) in [7, 11) is 0. The lowest BCUT2D eigenvalue weighted by molar-refractivity contribution is -0.126. The van der Waals surface area contributed by atoms with Crippen molar-refractivity contribution in [1.29, 1.82) is 0 Å². The van der Waals surface area contributed by atoms with Gasteiger partial charge in [0.25, 0.3) is 0 Å². The molecule has 1 amide bonds. The van der Waals surface area contributed by atoms with Gasteiger partial charge in [0, 0.05) is 24.0 Å². The molecule has 0 unspecified atom stereocenters. The van der Waals surface area contributed by atoms with E-state index in [0.29, 0.717) is 6.54 Å². The molecule has 2 aromatic carbocycles. The maximum atomic E-state index is 12.5. The van der Waals surface area contributed by atoms with Crippen molar-refractivity contribution in [1.82, 2.24) is 10.2 Å². The van der Waals surface area contributed by atoms with Gasteiger partial charge < -0.3 is 10.1 Å². The van der Waals surface area contributed by atoms with Crippen LogP contribution in [0.1, 0.15) is 37.8 Å². The van der Waals surface area contributed by atoms with Gasteiger partial charge in [0.2, 0.25) is 5.91 Å². The number of nitrogens with one attached hydrogen (secondary N) is 1. The molecule has 0 saturated carbocycles. The topological polar surface area (TPSA) is 41.6 Å². The molecule has 4 nitrogen and oxygen atoms in total. The van der Waals surface area contributed by atoms with E-state index in [2.05, 4.69) is 22.3 Å². The molecule has 1 N–H and O–H groups in total. The number of carbonyl (C=O) groups is 1. The van der Waals surface area contributed by atoms with Gasteiger partial charge in [-0.25, -0.2) is 0 Å². The van der Waals surface area contributed by atoms with Crippen LogP contribution >= 0.6 is 11.6 Å². The average molecular weight is 401 g/mol. The third-order valence-electron chi connectivity index (χ3n) is 5.04. The molecule has 5 heteroatoms. The number of amides is 1. The zero-order chi connectivity index (χ0) is 19.9. The smallest absolute Gasteiger partial charge is 0.223 e. The maximum absolute atomic E-state index is 12.5. The molecule has 0 radical (unpaired) electrons. The van der Waals surface area contributed by atoms with Crippen molar-refractivity contribution in [3.8, 4) is 5.75 Å². The Morgan fingerprint density at radius 2 is 1.68 bits per heavy atom. The number of rotatable bonds is 7. The van der Waals surface area contributed by atoms with Crippen LogP contribution in [0, 0.1) is 5.92 Å². The van der Waals surface area contributed by atoms with Gasteiger partial charge in [-0.3, -0.25) is 9.69 Å². The van der Waals surface area contributed by atoms with Crippen LogP contribution in [0.5, 0.6) is 5.75 Å². The first kappa shape index (κ1) is 20.7. The minimum Gasteiger partial charge on any atom is -0.491 e. The number of ether oxygens (including phenoxy) is 1. The van der Waals surface area contributed by atoms with E-state index < -0.39 is 0 Å². The average Bonchev–Trinajstić information content (AvgIpc) is 2.69. The second-order valence-corrected chi connectivity index (χ2v) is 8.14. The normalized spacial score (nSPS) is 15.6. The molecular formula is C23H29ClN2O2. The van der Waals surface area contributed by atoms with Crippen molar-refractivity contribution >= 4 is 17.5 Å². The minimum atomic E-state index is 0.102. The van der Waals surface area contributed by atoms with Gasteiger partial charge in [-0.2, -0.15) is 0 Å². The maximum Gasteiger partial charge on any atom is 0.223 e. The third-order valence-corrected chi connectivity index (χ3v) is 5.29. The number of piperidine rings is 1. The number of likely N-dealkylation sites (tertiary alicyclic amines) is 1. The number of hydrogen-bond acceptors (Lipinski definition) is 3. The van der Waals surface area contributed by atoms with Gasteiger partial charge in [0.1, 0.15) is 5.75 Å². The molecule has 1 fully saturated rings. The molecule has 1 saturated heterocycles. The molecule has 0 aromatic heterocycles. The Bertz CT molecular complexity index is 751. The van der Waals surface area contributed by atoms with Gasteiger partial charge in [0.05, 0.1) is 6.10 Å². The molecule has 150 valence electrons. The molecule has 2 aromatic rings. The lowest BCUT2D eigenvalue weighted by atomic mass is 9.95. The summed E-state index contributed by atoms with van der Waals surface area (Å²) in [4.78, 5) is 14.9. The standard InChI is InChI=1S/C23H29ClN2O2/c1-17(2)28-22-9-5-18(6-10-22)15-25-23(27)20-11-13-26(14-12-20)16-19-3-7-21(24)8-4-19/h3-10,17,20H,11-16H2,1-2H3,(H,25,27). The van der Waals surface area contributed by atoms with Crippen LogP contribution in [0.3, 0.4) is 0 Å². The van der Waals surface area contributed by atoms with Gasteiger partial charge in [-0.1, -0.05) is 35.9 Å². The summed E-state index contributed by atoms with van der Waals surface area (Å²) in [5, 5.41) is 3.85. The lowest BCUT2D eigenvalue weighted by Crippen LogP contribution is -2.40. The van der Waals surface area contributed by atoms with Crippen molar-refractivity contribution < 1.29 is 9.53 Å². The predicted molar refractivity (Wildman–Crippen MR) is 114 cm³/mol. The van der Waals surface area contributed by atoms with Crippen molar-refractivity contribution in [2.75, 3.05) is 13.1 Å². The molecule has 0 aliphatic carbocycles. The fraction of sp³-hybridized carbons (Fsp3) is 0.435. The van der Waals surface area contributed by atoms with E-state index in [4.69, 9.17) is 16.3 Å². The molecule has 28 heavy (non-hydrogen) atoms. The van der Waals surface area contributed by atoms with Gasteiger partial charge in [-0.05, 0) is 75.2 Å². The fourth-order valence-corrected chi connectivity index (χ4v) is 3.62. The summed E-state index contributed by atoms with van der Waals surface area (Å²) in [5.41, 5.74) is 2.35. The number of nitrogens with zero attached hydrogens (tertiary/aromatic N) is 1.